The van der Waals surface area contributed by atoms with Crippen LogP contribution in [0.4, 0.5) is 11.5 Å². The van der Waals surface area contributed by atoms with Crippen molar-refractivity contribution in [3.8, 4) is 0 Å². The molecule has 0 spiro atoms. The average Bonchev–Trinajstić information content (AvgIpc) is 3.05. The molecule has 2 unspecified atom stereocenters. The fraction of sp³-hybridized carbons (Fsp3) is 0.421. The molecule has 1 aliphatic carbocycles. The van der Waals surface area contributed by atoms with Crippen LogP contribution in [-0.2, 0) is 14.6 Å². The predicted octanol–water partition coefficient (Wildman–Crippen LogP) is 3.14. The molecule has 1 amide bonds. The molecular weight excluding hydrogens is 402 g/mol. The van der Waals surface area contributed by atoms with E-state index in [0.717, 1.165) is 19.1 Å². The number of hydrogen-bond donors (Lipinski definition) is 1. The van der Waals surface area contributed by atoms with Crippen molar-refractivity contribution in [2.24, 2.45) is 5.92 Å². The van der Waals surface area contributed by atoms with Gasteiger partial charge < -0.3 is 5.11 Å². The third-order valence-electron chi connectivity index (χ3n) is 4.88. The molecule has 1 fully saturated rings. The number of benzene rings is 1. The van der Waals surface area contributed by atoms with Crippen LogP contribution in [0.3, 0.4) is 0 Å². The van der Waals surface area contributed by atoms with E-state index in [-0.39, 0.29) is 28.4 Å². The van der Waals surface area contributed by atoms with Crippen LogP contribution in [0.5, 0.6) is 0 Å². The highest BCUT2D eigenvalue weighted by atomic mass is 35.5. The first-order valence-corrected chi connectivity index (χ1v) is 11.3. The van der Waals surface area contributed by atoms with E-state index in [4.69, 9.17) is 11.6 Å². The zero-order valence-electron chi connectivity index (χ0n) is 15.5. The zero-order valence-corrected chi connectivity index (χ0v) is 17.0. The molecule has 2 aromatic rings. The molecule has 1 N–H and O–H groups in total. The Kier molecular flexibility index (Phi) is 6.32. The van der Waals surface area contributed by atoms with Crippen molar-refractivity contribution in [3.05, 3.63) is 41.8 Å². The fourth-order valence-corrected chi connectivity index (χ4v) is 4.81. The number of amides is 1. The van der Waals surface area contributed by atoms with E-state index in [1.807, 2.05) is 0 Å². The Balaban J connectivity index is 1.87. The molecule has 150 valence electrons. The van der Waals surface area contributed by atoms with Crippen LogP contribution in [-0.4, -0.2) is 41.8 Å². The highest BCUT2D eigenvalue weighted by Gasteiger charge is 2.26. The summed E-state index contributed by atoms with van der Waals surface area (Å²) in [5.41, 5.74) is 0.425. The normalized spacial score (nSPS) is 19.5. The largest absolute Gasteiger partial charge is 0.393 e. The van der Waals surface area contributed by atoms with Crippen LogP contribution in [0.1, 0.15) is 32.1 Å². The Labute approximate surface area is 169 Å². The molecule has 28 heavy (non-hydrogen) atoms. The van der Waals surface area contributed by atoms with Gasteiger partial charge in [0.25, 0.3) is 0 Å². The first-order valence-electron chi connectivity index (χ1n) is 9.02. The van der Waals surface area contributed by atoms with E-state index in [2.05, 4.69) is 9.97 Å². The standard InChI is InChI=1S/C19H22ClN3O4S/c1-28(26,27)17-6-4-14(11-16(17)20)23(18-12-21-8-9-22-18)19(25)7-3-13-2-5-15(24)10-13/h4,6,8-9,11-13,15,24H,2-3,5,7,10H2,1H3. The van der Waals surface area contributed by atoms with Gasteiger partial charge in [-0.2, -0.15) is 0 Å². The second kappa shape index (κ2) is 8.55. The summed E-state index contributed by atoms with van der Waals surface area (Å²) in [5.74, 6) is 0.464. The van der Waals surface area contributed by atoms with Crippen molar-refractivity contribution in [1.82, 2.24) is 9.97 Å². The lowest BCUT2D eigenvalue weighted by Crippen LogP contribution is -2.27. The molecule has 9 heteroatoms. The second-order valence-electron chi connectivity index (χ2n) is 7.05. The molecule has 1 saturated carbocycles. The number of hydrogen-bond acceptors (Lipinski definition) is 6. The van der Waals surface area contributed by atoms with E-state index >= 15 is 0 Å². The van der Waals surface area contributed by atoms with Gasteiger partial charge in [-0.05, 0) is 49.8 Å². The van der Waals surface area contributed by atoms with Gasteiger partial charge >= 0.3 is 0 Å². The third kappa shape index (κ3) is 4.87. The Bertz CT molecular complexity index is 953. The average molecular weight is 424 g/mol. The van der Waals surface area contributed by atoms with Crippen LogP contribution >= 0.6 is 11.6 Å². The molecular formula is C19H22ClN3O4S. The van der Waals surface area contributed by atoms with Gasteiger partial charge in [0.05, 0.1) is 27.9 Å². The SMILES string of the molecule is CS(=O)(=O)c1ccc(N(C(=O)CCC2CCC(O)C2)c2cnccn2)cc1Cl. The first kappa shape index (κ1) is 20.7. The van der Waals surface area contributed by atoms with E-state index in [0.29, 0.717) is 30.3 Å². The van der Waals surface area contributed by atoms with Gasteiger partial charge in [0.1, 0.15) is 0 Å². The summed E-state index contributed by atoms with van der Waals surface area (Å²) in [6.45, 7) is 0. The Hall–Kier alpha value is -2.03. The number of aromatic nitrogens is 2. The van der Waals surface area contributed by atoms with E-state index < -0.39 is 9.84 Å². The van der Waals surface area contributed by atoms with Crippen LogP contribution in [0, 0.1) is 5.92 Å². The molecule has 0 aliphatic heterocycles. The third-order valence-corrected chi connectivity index (χ3v) is 6.46. The summed E-state index contributed by atoms with van der Waals surface area (Å²) < 4.78 is 23.6. The fourth-order valence-electron chi connectivity index (χ4n) is 3.49. The highest BCUT2D eigenvalue weighted by Crippen LogP contribution is 2.33. The molecule has 0 bridgehead atoms. The van der Waals surface area contributed by atoms with Gasteiger partial charge in [0.2, 0.25) is 5.91 Å². The maximum absolute atomic E-state index is 13.0. The molecule has 0 saturated heterocycles. The Morgan fingerprint density at radius 2 is 2.11 bits per heavy atom. The van der Waals surface area contributed by atoms with Crippen molar-refractivity contribution in [3.63, 3.8) is 0 Å². The molecule has 1 heterocycles. The molecule has 7 nitrogen and oxygen atoms in total. The first-order chi connectivity index (χ1) is 13.3. The van der Waals surface area contributed by atoms with E-state index in [1.165, 1.54) is 41.7 Å². The van der Waals surface area contributed by atoms with Gasteiger partial charge in [-0.25, -0.2) is 13.4 Å². The molecule has 1 aromatic carbocycles. The maximum Gasteiger partial charge on any atom is 0.232 e. The number of sulfone groups is 1. The minimum Gasteiger partial charge on any atom is -0.393 e. The summed E-state index contributed by atoms with van der Waals surface area (Å²) >= 11 is 6.17. The number of aliphatic hydroxyl groups is 1. The molecule has 1 aromatic heterocycles. The summed E-state index contributed by atoms with van der Waals surface area (Å²) in [7, 11) is -3.47. The minimum atomic E-state index is -3.47. The van der Waals surface area contributed by atoms with Gasteiger partial charge in [-0.1, -0.05) is 11.6 Å². The summed E-state index contributed by atoms with van der Waals surface area (Å²) in [4.78, 5) is 22.6. The van der Waals surface area contributed by atoms with Crippen molar-refractivity contribution in [2.75, 3.05) is 11.2 Å². The molecule has 3 rings (SSSR count). The summed E-state index contributed by atoms with van der Waals surface area (Å²) in [5, 5.41) is 9.72. The Morgan fingerprint density at radius 3 is 2.68 bits per heavy atom. The smallest absolute Gasteiger partial charge is 0.232 e. The monoisotopic (exact) mass is 423 g/mol. The van der Waals surface area contributed by atoms with Crippen LogP contribution < -0.4 is 4.90 Å². The summed E-state index contributed by atoms with van der Waals surface area (Å²) in [6.07, 6.45) is 8.60. The van der Waals surface area contributed by atoms with E-state index in [1.54, 1.807) is 0 Å². The van der Waals surface area contributed by atoms with Crippen molar-refractivity contribution in [1.29, 1.82) is 0 Å². The van der Waals surface area contributed by atoms with Gasteiger partial charge in [0, 0.05) is 25.1 Å². The zero-order chi connectivity index (χ0) is 20.3. The number of carbonyl (C=O) groups is 1. The van der Waals surface area contributed by atoms with E-state index in [9.17, 15) is 18.3 Å². The van der Waals surface area contributed by atoms with Gasteiger partial charge in [-0.15, -0.1) is 0 Å². The lowest BCUT2D eigenvalue weighted by molar-refractivity contribution is -0.118. The van der Waals surface area contributed by atoms with Crippen molar-refractivity contribution < 1.29 is 18.3 Å². The minimum absolute atomic E-state index is 0.00408. The maximum atomic E-state index is 13.0. The van der Waals surface area contributed by atoms with Crippen molar-refractivity contribution >= 4 is 38.9 Å². The van der Waals surface area contributed by atoms with Gasteiger partial charge in [-0.3, -0.25) is 14.7 Å². The quantitative estimate of drug-likeness (QED) is 0.765. The lowest BCUT2D eigenvalue weighted by Gasteiger charge is -2.23. The lowest BCUT2D eigenvalue weighted by atomic mass is 10.0. The Morgan fingerprint density at radius 1 is 1.32 bits per heavy atom. The second-order valence-corrected chi connectivity index (χ2v) is 9.44. The number of rotatable bonds is 6. The molecule has 0 radical (unpaired) electrons. The number of aliphatic hydroxyl groups excluding tert-OH is 1. The van der Waals surface area contributed by atoms with Crippen LogP contribution in [0.15, 0.2) is 41.7 Å². The molecule has 1 aliphatic rings. The number of nitrogens with zero attached hydrogens (tertiary/aromatic N) is 3. The number of halogens is 1. The highest BCUT2D eigenvalue weighted by molar-refractivity contribution is 7.90. The van der Waals surface area contributed by atoms with Crippen LogP contribution in [0.25, 0.3) is 0 Å². The number of anilines is 2. The topological polar surface area (TPSA) is 100 Å². The predicted molar refractivity (Wildman–Crippen MR) is 106 cm³/mol. The van der Waals surface area contributed by atoms with Crippen LogP contribution in [0.2, 0.25) is 5.02 Å². The van der Waals surface area contributed by atoms with Crippen molar-refractivity contribution in [2.45, 2.75) is 43.1 Å². The summed E-state index contributed by atoms with van der Waals surface area (Å²) in [6, 6.07) is 4.37. The van der Waals surface area contributed by atoms with Gasteiger partial charge in [0.15, 0.2) is 15.7 Å². The number of carbonyl (C=O) groups excluding carboxylic acids is 1. The molecule has 2 atom stereocenters.